The number of benzene rings is 1. The largest absolute Gasteiger partial charge is 0.379 e. The van der Waals surface area contributed by atoms with Crippen LogP contribution in [0.2, 0.25) is 0 Å². The zero-order chi connectivity index (χ0) is 15.1. The maximum absolute atomic E-state index is 12.1. The first-order valence-corrected chi connectivity index (χ1v) is 7.79. The van der Waals surface area contributed by atoms with Gasteiger partial charge in [-0.2, -0.15) is 0 Å². The predicted molar refractivity (Wildman–Crippen MR) is 84.0 cm³/mol. The average Bonchev–Trinajstić information content (AvgIpc) is 2.48. The van der Waals surface area contributed by atoms with Crippen molar-refractivity contribution >= 4 is 5.91 Å². The molecule has 4 nitrogen and oxygen atoms in total. The van der Waals surface area contributed by atoms with Gasteiger partial charge in [-0.3, -0.25) is 9.69 Å². The number of rotatable bonds is 6. The van der Waals surface area contributed by atoms with Crippen molar-refractivity contribution in [1.29, 1.82) is 0 Å². The lowest BCUT2D eigenvalue weighted by atomic mass is 10.0. The van der Waals surface area contributed by atoms with Gasteiger partial charge >= 0.3 is 0 Å². The van der Waals surface area contributed by atoms with Crippen LogP contribution in [0.3, 0.4) is 0 Å². The molecular weight excluding hydrogens is 264 g/mol. The molecule has 2 rings (SSSR count). The monoisotopic (exact) mass is 290 g/mol. The van der Waals surface area contributed by atoms with Crippen LogP contribution >= 0.6 is 0 Å². The predicted octanol–water partition coefficient (Wildman–Crippen LogP) is 2.22. The van der Waals surface area contributed by atoms with Gasteiger partial charge in [0.2, 0.25) is 5.91 Å². The van der Waals surface area contributed by atoms with Crippen molar-refractivity contribution in [2.45, 2.75) is 26.3 Å². The van der Waals surface area contributed by atoms with Crippen LogP contribution in [0.5, 0.6) is 0 Å². The molecule has 0 bridgehead atoms. The van der Waals surface area contributed by atoms with Crippen molar-refractivity contribution in [3.8, 4) is 0 Å². The molecule has 0 aliphatic carbocycles. The van der Waals surface area contributed by atoms with Crippen LogP contribution in [-0.4, -0.2) is 43.7 Å². The van der Waals surface area contributed by atoms with Crippen LogP contribution in [0, 0.1) is 5.92 Å². The second-order valence-electron chi connectivity index (χ2n) is 6.04. The van der Waals surface area contributed by atoms with Crippen molar-refractivity contribution in [2.75, 3.05) is 32.8 Å². The molecule has 1 saturated heterocycles. The standard InChI is InChI=1S/C17H26N2O2/c1-14(2)12-17(20)18-16(15-6-4-3-5-7-15)13-19-8-10-21-11-9-19/h3-7,14,16H,8-13H2,1-2H3,(H,18,20). The van der Waals surface area contributed by atoms with E-state index in [0.717, 1.165) is 32.8 Å². The van der Waals surface area contributed by atoms with Gasteiger partial charge in [0.25, 0.3) is 0 Å². The molecule has 1 aliphatic rings. The van der Waals surface area contributed by atoms with Gasteiger partial charge in [-0.05, 0) is 11.5 Å². The summed E-state index contributed by atoms with van der Waals surface area (Å²) in [5, 5.41) is 3.19. The van der Waals surface area contributed by atoms with E-state index in [4.69, 9.17) is 4.74 Å². The van der Waals surface area contributed by atoms with E-state index < -0.39 is 0 Å². The van der Waals surface area contributed by atoms with Gasteiger partial charge in [0.15, 0.2) is 0 Å². The molecular formula is C17H26N2O2. The minimum Gasteiger partial charge on any atom is -0.379 e. The molecule has 0 aromatic heterocycles. The van der Waals surface area contributed by atoms with Gasteiger partial charge in [0.05, 0.1) is 19.3 Å². The molecule has 1 N–H and O–H groups in total. The maximum Gasteiger partial charge on any atom is 0.220 e. The molecule has 116 valence electrons. The average molecular weight is 290 g/mol. The maximum atomic E-state index is 12.1. The number of morpholine rings is 1. The lowest BCUT2D eigenvalue weighted by Gasteiger charge is -2.31. The Hall–Kier alpha value is -1.39. The van der Waals surface area contributed by atoms with E-state index in [1.54, 1.807) is 0 Å². The second-order valence-corrected chi connectivity index (χ2v) is 6.04. The van der Waals surface area contributed by atoms with E-state index in [1.165, 1.54) is 5.56 Å². The Labute approximate surface area is 127 Å². The van der Waals surface area contributed by atoms with Crippen molar-refractivity contribution in [2.24, 2.45) is 5.92 Å². The number of carbonyl (C=O) groups is 1. The molecule has 1 heterocycles. The molecule has 1 amide bonds. The first-order valence-electron chi connectivity index (χ1n) is 7.79. The molecule has 1 atom stereocenters. The van der Waals surface area contributed by atoms with Gasteiger partial charge < -0.3 is 10.1 Å². The van der Waals surface area contributed by atoms with Gasteiger partial charge in [0, 0.05) is 26.1 Å². The summed E-state index contributed by atoms with van der Waals surface area (Å²) in [7, 11) is 0. The molecule has 1 aliphatic heterocycles. The van der Waals surface area contributed by atoms with Crippen molar-refractivity contribution < 1.29 is 9.53 Å². The smallest absolute Gasteiger partial charge is 0.220 e. The van der Waals surface area contributed by atoms with Crippen LogP contribution < -0.4 is 5.32 Å². The zero-order valence-electron chi connectivity index (χ0n) is 13.0. The normalized spacial score (nSPS) is 17.7. The second kappa shape index (κ2) is 8.15. The summed E-state index contributed by atoms with van der Waals surface area (Å²) >= 11 is 0. The third-order valence-electron chi connectivity index (χ3n) is 3.68. The number of carbonyl (C=O) groups excluding carboxylic acids is 1. The van der Waals surface area contributed by atoms with Crippen LogP contribution in [0.1, 0.15) is 31.9 Å². The van der Waals surface area contributed by atoms with Gasteiger partial charge in [0.1, 0.15) is 0 Å². The van der Waals surface area contributed by atoms with E-state index in [9.17, 15) is 4.79 Å². The molecule has 0 spiro atoms. The minimum absolute atomic E-state index is 0.0514. The molecule has 1 fully saturated rings. The Morgan fingerprint density at radius 2 is 1.90 bits per heavy atom. The Morgan fingerprint density at radius 1 is 1.24 bits per heavy atom. The lowest BCUT2D eigenvalue weighted by molar-refractivity contribution is -0.122. The van der Waals surface area contributed by atoms with Crippen molar-refractivity contribution in [3.63, 3.8) is 0 Å². The van der Waals surface area contributed by atoms with E-state index in [2.05, 4.69) is 36.2 Å². The highest BCUT2D eigenvalue weighted by Gasteiger charge is 2.20. The van der Waals surface area contributed by atoms with Crippen LogP contribution in [0.25, 0.3) is 0 Å². The first kappa shape index (κ1) is 16.0. The highest BCUT2D eigenvalue weighted by atomic mass is 16.5. The third-order valence-corrected chi connectivity index (χ3v) is 3.68. The SMILES string of the molecule is CC(C)CC(=O)NC(CN1CCOCC1)c1ccccc1. The highest BCUT2D eigenvalue weighted by molar-refractivity contribution is 5.76. The highest BCUT2D eigenvalue weighted by Crippen LogP contribution is 2.16. The summed E-state index contributed by atoms with van der Waals surface area (Å²) < 4.78 is 5.39. The summed E-state index contributed by atoms with van der Waals surface area (Å²) in [6.07, 6.45) is 0.576. The van der Waals surface area contributed by atoms with Crippen LogP contribution in [0.4, 0.5) is 0 Å². The number of ether oxygens (including phenoxy) is 1. The fraction of sp³-hybridized carbons (Fsp3) is 0.588. The van der Waals surface area contributed by atoms with Gasteiger partial charge in [-0.1, -0.05) is 44.2 Å². The number of hydrogen-bond donors (Lipinski definition) is 1. The fourth-order valence-electron chi connectivity index (χ4n) is 2.59. The van der Waals surface area contributed by atoms with Crippen LogP contribution in [0.15, 0.2) is 30.3 Å². The quantitative estimate of drug-likeness (QED) is 0.873. The van der Waals surface area contributed by atoms with E-state index in [1.807, 2.05) is 18.2 Å². The summed E-state index contributed by atoms with van der Waals surface area (Å²) in [6, 6.07) is 10.3. The van der Waals surface area contributed by atoms with Crippen molar-refractivity contribution in [1.82, 2.24) is 10.2 Å². The van der Waals surface area contributed by atoms with E-state index in [0.29, 0.717) is 12.3 Å². The fourth-order valence-corrected chi connectivity index (χ4v) is 2.59. The number of amides is 1. The van der Waals surface area contributed by atoms with E-state index in [-0.39, 0.29) is 11.9 Å². The summed E-state index contributed by atoms with van der Waals surface area (Å²) in [4.78, 5) is 14.5. The molecule has 1 aromatic carbocycles. The summed E-state index contributed by atoms with van der Waals surface area (Å²) in [5.74, 6) is 0.511. The topological polar surface area (TPSA) is 41.6 Å². The van der Waals surface area contributed by atoms with Gasteiger partial charge in [-0.15, -0.1) is 0 Å². The Kier molecular flexibility index (Phi) is 6.21. The molecule has 21 heavy (non-hydrogen) atoms. The van der Waals surface area contributed by atoms with Gasteiger partial charge in [-0.25, -0.2) is 0 Å². The molecule has 0 saturated carbocycles. The number of hydrogen-bond acceptors (Lipinski definition) is 3. The van der Waals surface area contributed by atoms with E-state index >= 15 is 0 Å². The number of nitrogens with zero attached hydrogens (tertiary/aromatic N) is 1. The Balaban J connectivity index is 2.01. The third kappa shape index (κ3) is 5.48. The molecule has 1 unspecified atom stereocenters. The Bertz CT molecular complexity index is 428. The van der Waals surface area contributed by atoms with Crippen molar-refractivity contribution in [3.05, 3.63) is 35.9 Å². The molecule has 4 heteroatoms. The minimum atomic E-state index is 0.0514. The Morgan fingerprint density at radius 3 is 2.52 bits per heavy atom. The molecule has 1 aromatic rings. The first-order chi connectivity index (χ1) is 10.1. The molecule has 0 radical (unpaired) electrons. The summed E-state index contributed by atoms with van der Waals surface area (Å²) in [5.41, 5.74) is 1.17. The number of nitrogens with one attached hydrogen (secondary N) is 1. The van der Waals surface area contributed by atoms with Crippen LogP contribution in [-0.2, 0) is 9.53 Å². The lowest BCUT2D eigenvalue weighted by Crippen LogP contribution is -2.43. The summed E-state index contributed by atoms with van der Waals surface area (Å²) in [6.45, 7) is 8.41. The zero-order valence-corrected chi connectivity index (χ0v) is 13.0.